The van der Waals surface area contributed by atoms with Gasteiger partial charge in [-0.05, 0) is 40.4 Å². The van der Waals surface area contributed by atoms with Gasteiger partial charge in [-0.3, -0.25) is 0 Å². The van der Waals surface area contributed by atoms with Crippen molar-refractivity contribution in [3.05, 3.63) is 44.1 Å². The largest absolute Gasteiger partial charge is 0.342 e. The standard InChI is InChI=1S/C14H14BrClN2S/c1-8(2)7-11-12(15)14(19)18-13(17-11)9-5-3-4-6-10(9)16/h3-6,8H,7H2,1-2H3,(H,17,18,19). The molecular formula is C14H14BrClN2S. The number of nitrogens with one attached hydrogen (secondary N) is 1. The average molecular weight is 358 g/mol. The molecule has 5 heteroatoms. The molecule has 2 aromatic rings. The molecule has 0 aliphatic rings. The molecule has 0 spiro atoms. The molecule has 0 atom stereocenters. The molecule has 1 N–H and O–H groups in total. The summed E-state index contributed by atoms with van der Waals surface area (Å²) in [6.45, 7) is 4.33. The van der Waals surface area contributed by atoms with Gasteiger partial charge in [-0.25, -0.2) is 4.98 Å². The van der Waals surface area contributed by atoms with Crippen molar-refractivity contribution >= 4 is 39.7 Å². The van der Waals surface area contributed by atoms with Crippen LogP contribution in [0.4, 0.5) is 0 Å². The monoisotopic (exact) mass is 356 g/mol. The minimum atomic E-state index is 0.531. The molecule has 0 aliphatic heterocycles. The second-order valence-corrected chi connectivity index (χ2v) is 6.35. The predicted molar refractivity (Wildman–Crippen MR) is 86.1 cm³/mol. The van der Waals surface area contributed by atoms with Crippen LogP contribution in [0.3, 0.4) is 0 Å². The fourth-order valence-electron chi connectivity index (χ4n) is 1.84. The highest BCUT2D eigenvalue weighted by Gasteiger charge is 2.11. The van der Waals surface area contributed by atoms with Gasteiger partial charge in [-0.2, -0.15) is 0 Å². The summed E-state index contributed by atoms with van der Waals surface area (Å²) in [5.74, 6) is 1.25. The van der Waals surface area contributed by atoms with Gasteiger partial charge in [-0.1, -0.05) is 49.8 Å². The molecule has 0 aliphatic carbocycles. The van der Waals surface area contributed by atoms with Crippen molar-refractivity contribution in [2.24, 2.45) is 5.92 Å². The van der Waals surface area contributed by atoms with Crippen LogP contribution in [0.1, 0.15) is 19.5 Å². The van der Waals surface area contributed by atoms with E-state index >= 15 is 0 Å². The quantitative estimate of drug-likeness (QED) is 0.743. The highest BCUT2D eigenvalue weighted by Crippen LogP contribution is 2.27. The van der Waals surface area contributed by atoms with Gasteiger partial charge >= 0.3 is 0 Å². The van der Waals surface area contributed by atoms with E-state index in [0.717, 1.165) is 28.0 Å². The number of H-pyrrole nitrogens is 1. The van der Waals surface area contributed by atoms with Crippen molar-refractivity contribution in [2.45, 2.75) is 20.3 Å². The Kier molecular flexibility index (Phi) is 4.76. The van der Waals surface area contributed by atoms with Gasteiger partial charge in [0, 0.05) is 11.3 Å². The first kappa shape index (κ1) is 14.7. The maximum absolute atomic E-state index is 6.20. The second-order valence-electron chi connectivity index (χ2n) is 4.76. The van der Waals surface area contributed by atoms with Crippen LogP contribution >= 0.6 is 39.7 Å². The third-order valence-electron chi connectivity index (χ3n) is 2.68. The van der Waals surface area contributed by atoms with Crippen molar-refractivity contribution < 1.29 is 0 Å². The number of nitrogens with zero attached hydrogens (tertiary/aromatic N) is 1. The number of hydrogen-bond donors (Lipinski definition) is 1. The van der Waals surface area contributed by atoms with Gasteiger partial charge in [0.1, 0.15) is 10.5 Å². The minimum Gasteiger partial charge on any atom is -0.342 e. The van der Waals surface area contributed by atoms with Crippen LogP contribution in [0, 0.1) is 10.6 Å². The zero-order valence-corrected chi connectivity index (χ0v) is 13.9. The highest BCUT2D eigenvalue weighted by atomic mass is 79.9. The van der Waals surface area contributed by atoms with E-state index in [2.05, 4.69) is 39.7 Å². The molecule has 0 unspecified atom stereocenters. The van der Waals surface area contributed by atoms with Crippen molar-refractivity contribution in [3.63, 3.8) is 0 Å². The van der Waals surface area contributed by atoms with Crippen LogP contribution in [0.15, 0.2) is 28.7 Å². The molecule has 19 heavy (non-hydrogen) atoms. The first-order valence-corrected chi connectivity index (χ1v) is 7.60. The number of hydrogen-bond acceptors (Lipinski definition) is 2. The Morgan fingerprint density at radius 1 is 1.37 bits per heavy atom. The summed E-state index contributed by atoms with van der Waals surface area (Å²) in [6.07, 6.45) is 0.907. The predicted octanol–water partition coefficient (Wildman–Crippen LogP) is 5.42. The average Bonchev–Trinajstić information content (AvgIpc) is 2.35. The molecular weight excluding hydrogens is 344 g/mol. The normalized spacial score (nSPS) is 11.0. The Morgan fingerprint density at radius 2 is 2.05 bits per heavy atom. The first-order valence-electron chi connectivity index (χ1n) is 6.02. The molecule has 0 saturated heterocycles. The van der Waals surface area contributed by atoms with Gasteiger partial charge in [0.2, 0.25) is 0 Å². The third-order valence-corrected chi connectivity index (χ3v) is 4.42. The lowest BCUT2D eigenvalue weighted by atomic mass is 10.1. The number of aromatic amines is 1. The summed E-state index contributed by atoms with van der Waals surface area (Å²) in [6, 6.07) is 7.61. The Labute approximate surface area is 131 Å². The zero-order valence-electron chi connectivity index (χ0n) is 10.7. The van der Waals surface area contributed by atoms with Gasteiger partial charge in [0.15, 0.2) is 0 Å². The number of benzene rings is 1. The minimum absolute atomic E-state index is 0.531. The highest BCUT2D eigenvalue weighted by molar-refractivity contribution is 9.10. The summed E-state index contributed by atoms with van der Waals surface area (Å²) >= 11 is 15.0. The summed E-state index contributed by atoms with van der Waals surface area (Å²) in [5.41, 5.74) is 1.93. The van der Waals surface area contributed by atoms with Crippen LogP contribution in [0.25, 0.3) is 11.4 Å². The van der Waals surface area contributed by atoms with Crippen molar-refractivity contribution in [1.29, 1.82) is 0 Å². The summed E-state index contributed by atoms with van der Waals surface area (Å²) in [5, 5.41) is 0.665. The molecule has 0 amide bonds. The van der Waals surface area contributed by atoms with Gasteiger partial charge in [-0.15, -0.1) is 0 Å². The second kappa shape index (κ2) is 6.16. The fraction of sp³-hybridized carbons (Fsp3) is 0.286. The van der Waals surface area contributed by atoms with E-state index in [-0.39, 0.29) is 0 Å². The molecule has 1 aromatic heterocycles. The van der Waals surface area contributed by atoms with E-state index in [9.17, 15) is 0 Å². The smallest absolute Gasteiger partial charge is 0.144 e. The van der Waals surface area contributed by atoms with Crippen LogP contribution in [0.2, 0.25) is 5.02 Å². The molecule has 100 valence electrons. The number of halogens is 2. The topological polar surface area (TPSA) is 28.7 Å². The number of aromatic nitrogens is 2. The lowest BCUT2D eigenvalue weighted by Crippen LogP contribution is -2.02. The summed E-state index contributed by atoms with van der Waals surface area (Å²) < 4.78 is 1.43. The van der Waals surface area contributed by atoms with E-state index < -0.39 is 0 Å². The molecule has 0 fully saturated rings. The summed E-state index contributed by atoms with van der Waals surface area (Å²) in [7, 11) is 0. The van der Waals surface area contributed by atoms with E-state index in [1.165, 1.54) is 0 Å². The SMILES string of the molecule is CC(C)Cc1[nH]c(-c2ccccc2Cl)nc(=S)c1Br. The molecule has 0 radical (unpaired) electrons. The zero-order chi connectivity index (χ0) is 14.0. The van der Waals surface area contributed by atoms with E-state index in [1.54, 1.807) is 0 Å². The van der Waals surface area contributed by atoms with Crippen molar-refractivity contribution in [3.8, 4) is 11.4 Å². The van der Waals surface area contributed by atoms with Crippen LogP contribution < -0.4 is 0 Å². The molecule has 1 heterocycles. The molecule has 1 aromatic carbocycles. The Morgan fingerprint density at radius 3 is 2.68 bits per heavy atom. The third kappa shape index (κ3) is 3.44. The Hall–Kier alpha value is -0.710. The Bertz CT molecular complexity index is 652. The molecule has 0 bridgehead atoms. The van der Waals surface area contributed by atoms with Gasteiger partial charge in [0.05, 0.1) is 9.50 Å². The van der Waals surface area contributed by atoms with Crippen LogP contribution in [0.5, 0.6) is 0 Å². The maximum Gasteiger partial charge on any atom is 0.144 e. The van der Waals surface area contributed by atoms with Gasteiger partial charge < -0.3 is 4.98 Å². The fourth-order valence-corrected chi connectivity index (χ4v) is 2.62. The lowest BCUT2D eigenvalue weighted by molar-refractivity contribution is 0.632. The molecule has 0 saturated carbocycles. The number of rotatable bonds is 3. The first-order chi connectivity index (χ1) is 8.99. The maximum atomic E-state index is 6.20. The van der Waals surface area contributed by atoms with Crippen LogP contribution in [-0.2, 0) is 6.42 Å². The van der Waals surface area contributed by atoms with Gasteiger partial charge in [0.25, 0.3) is 0 Å². The summed E-state index contributed by atoms with van der Waals surface area (Å²) in [4.78, 5) is 7.73. The van der Waals surface area contributed by atoms with E-state index in [0.29, 0.717) is 15.6 Å². The van der Waals surface area contributed by atoms with Crippen molar-refractivity contribution in [1.82, 2.24) is 9.97 Å². The molecule has 2 nitrogen and oxygen atoms in total. The molecule has 2 rings (SSSR count). The van der Waals surface area contributed by atoms with E-state index in [4.69, 9.17) is 23.8 Å². The van der Waals surface area contributed by atoms with Crippen molar-refractivity contribution in [2.75, 3.05) is 0 Å². The van der Waals surface area contributed by atoms with Crippen LogP contribution in [-0.4, -0.2) is 9.97 Å². The lowest BCUT2D eigenvalue weighted by Gasteiger charge is -2.11. The van der Waals surface area contributed by atoms with E-state index in [1.807, 2.05) is 24.3 Å². The Balaban J connectivity index is 2.57.